The summed E-state index contributed by atoms with van der Waals surface area (Å²) >= 11 is 0. The van der Waals surface area contributed by atoms with Crippen molar-refractivity contribution in [1.29, 1.82) is 0 Å². The molecule has 4 nitrogen and oxygen atoms in total. The predicted octanol–water partition coefficient (Wildman–Crippen LogP) is 3.18. The number of benzene rings is 2. The Kier molecular flexibility index (Phi) is 5.90. The molecule has 0 aliphatic heterocycles. The van der Waals surface area contributed by atoms with Crippen molar-refractivity contribution in [2.45, 2.75) is 11.1 Å². The highest BCUT2D eigenvalue weighted by Gasteiger charge is 2.32. The van der Waals surface area contributed by atoms with Crippen LogP contribution in [-0.2, 0) is 16.2 Å². The molecule has 0 atom stereocenters. The summed E-state index contributed by atoms with van der Waals surface area (Å²) in [6, 6.07) is 7.63. The highest BCUT2D eigenvalue weighted by molar-refractivity contribution is 7.89. The maximum absolute atomic E-state index is 13.3. The summed E-state index contributed by atoms with van der Waals surface area (Å²) in [5.41, 5.74) is -1.19. The highest BCUT2D eigenvalue weighted by atomic mass is 32.2. The zero-order valence-corrected chi connectivity index (χ0v) is 14.2. The maximum atomic E-state index is 13.3. The molecular formula is C17H13F4NO3S. The van der Waals surface area contributed by atoms with E-state index in [-0.39, 0.29) is 11.3 Å². The van der Waals surface area contributed by atoms with Crippen molar-refractivity contribution in [1.82, 2.24) is 4.72 Å². The molecule has 0 saturated carbocycles. The fourth-order valence-electron chi connectivity index (χ4n) is 2.05. The Morgan fingerprint density at radius 3 is 2.50 bits per heavy atom. The summed E-state index contributed by atoms with van der Waals surface area (Å²) in [6.07, 6.45) is -4.57. The number of hydrogen-bond donors (Lipinski definition) is 1. The second kappa shape index (κ2) is 7.76. The third-order valence-electron chi connectivity index (χ3n) is 3.22. The van der Waals surface area contributed by atoms with Crippen molar-refractivity contribution in [3.63, 3.8) is 0 Å². The summed E-state index contributed by atoms with van der Waals surface area (Å²) in [5, 5.41) is 0. The molecule has 0 fully saturated rings. The van der Waals surface area contributed by atoms with Crippen LogP contribution < -0.4 is 9.46 Å². The van der Waals surface area contributed by atoms with Crippen LogP contribution in [0.25, 0.3) is 0 Å². The zero-order chi connectivity index (χ0) is 19.4. The molecule has 0 unspecified atom stereocenters. The number of methoxy groups -OCH3 is 1. The maximum Gasteiger partial charge on any atom is 0.417 e. The number of nitrogens with one attached hydrogen (secondary N) is 1. The monoisotopic (exact) mass is 387 g/mol. The summed E-state index contributed by atoms with van der Waals surface area (Å²) in [6.45, 7) is -0.464. The highest BCUT2D eigenvalue weighted by Crippen LogP contribution is 2.31. The van der Waals surface area contributed by atoms with Gasteiger partial charge in [0.25, 0.3) is 0 Å². The van der Waals surface area contributed by atoms with Gasteiger partial charge in [0.05, 0.1) is 19.2 Å². The molecule has 0 amide bonds. The Bertz CT molecular complexity index is 960. The van der Waals surface area contributed by atoms with Crippen LogP contribution in [0.2, 0.25) is 0 Å². The molecule has 9 heteroatoms. The van der Waals surface area contributed by atoms with Crippen LogP contribution in [0.5, 0.6) is 5.75 Å². The fraction of sp³-hybridized carbons (Fsp3) is 0.176. The number of halogens is 4. The third-order valence-corrected chi connectivity index (χ3v) is 4.64. The Morgan fingerprint density at radius 2 is 1.85 bits per heavy atom. The van der Waals surface area contributed by atoms with Crippen LogP contribution >= 0.6 is 0 Å². The fourth-order valence-corrected chi connectivity index (χ4v) is 3.15. The Morgan fingerprint density at radius 1 is 1.15 bits per heavy atom. The molecule has 2 aromatic rings. The van der Waals surface area contributed by atoms with E-state index in [1.165, 1.54) is 25.3 Å². The van der Waals surface area contributed by atoms with E-state index >= 15 is 0 Å². The molecule has 2 aromatic carbocycles. The molecule has 0 aliphatic rings. The van der Waals surface area contributed by atoms with Gasteiger partial charge in [0.15, 0.2) is 0 Å². The van der Waals surface area contributed by atoms with Crippen molar-refractivity contribution in [2.75, 3.05) is 13.7 Å². The molecule has 0 aromatic heterocycles. The van der Waals surface area contributed by atoms with Gasteiger partial charge in [0, 0.05) is 5.56 Å². The van der Waals surface area contributed by atoms with E-state index in [9.17, 15) is 26.0 Å². The molecule has 0 saturated heterocycles. The topological polar surface area (TPSA) is 55.4 Å². The van der Waals surface area contributed by atoms with Crippen LogP contribution in [0, 0.1) is 17.7 Å². The average molecular weight is 387 g/mol. The molecule has 0 bridgehead atoms. The van der Waals surface area contributed by atoms with E-state index in [0.717, 1.165) is 24.3 Å². The van der Waals surface area contributed by atoms with Gasteiger partial charge in [0.1, 0.15) is 16.5 Å². The van der Waals surface area contributed by atoms with E-state index in [4.69, 9.17) is 4.74 Å². The average Bonchev–Trinajstić information content (AvgIpc) is 2.58. The molecule has 0 spiro atoms. The summed E-state index contributed by atoms with van der Waals surface area (Å²) < 4.78 is 83.2. The lowest BCUT2D eigenvalue weighted by atomic mass is 10.1. The number of alkyl halides is 3. The van der Waals surface area contributed by atoms with E-state index < -0.39 is 39.0 Å². The Labute approximate surface area is 147 Å². The molecule has 26 heavy (non-hydrogen) atoms. The zero-order valence-electron chi connectivity index (χ0n) is 13.4. The SMILES string of the molecule is COc1ccc(F)cc1S(=O)(=O)NCC#Cc1ccccc1C(F)(F)F. The largest absolute Gasteiger partial charge is 0.495 e. The molecular weight excluding hydrogens is 374 g/mol. The Balaban J connectivity index is 2.20. The summed E-state index contributed by atoms with van der Waals surface area (Å²) in [4.78, 5) is -0.433. The number of ether oxygens (including phenoxy) is 1. The van der Waals surface area contributed by atoms with Gasteiger partial charge >= 0.3 is 6.18 Å². The van der Waals surface area contributed by atoms with Crippen LogP contribution in [-0.4, -0.2) is 22.1 Å². The van der Waals surface area contributed by atoms with Crippen LogP contribution in [0.1, 0.15) is 11.1 Å². The van der Waals surface area contributed by atoms with Gasteiger partial charge in [-0.25, -0.2) is 12.8 Å². The lowest BCUT2D eigenvalue weighted by molar-refractivity contribution is -0.137. The van der Waals surface area contributed by atoms with E-state index in [1.54, 1.807) is 0 Å². The number of rotatable bonds is 4. The van der Waals surface area contributed by atoms with E-state index in [1.807, 2.05) is 0 Å². The van der Waals surface area contributed by atoms with Gasteiger partial charge in [-0.05, 0) is 30.3 Å². The second-order valence-corrected chi connectivity index (χ2v) is 6.70. The normalized spacial score (nSPS) is 11.6. The second-order valence-electron chi connectivity index (χ2n) is 4.96. The van der Waals surface area contributed by atoms with Crippen LogP contribution in [0.15, 0.2) is 47.4 Å². The first-order valence-corrected chi connectivity index (χ1v) is 8.62. The molecule has 1 N–H and O–H groups in total. The van der Waals surface area contributed by atoms with Crippen molar-refractivity contribution in [3.8, 4) is 17.6 Å². The van der Waals surface area contributed by atoms with Crippen molar-refractivity contribution in [3.05, 3.63) is 59.4 Å². The standard InChI is InChI=1S/C17H13F4NO3S/c1-25-15-9-8-13(18)11-16(15)26(23,24)22-10-4-6-12-5-2-3-7-14(12)17(19,20)21/h2-3,5,7-9,11,22H,10H2,1H3. The molecule has 2 rings (SSSR count). The van der Waals surface area contributed by atoms with E-state index in [2.05, 4.69) is 16.6 Å². The van der Waals surface area contributed by atoms with Crippen LogP contribution in [0.3, 0.4) is 0 Å². The van der Waals surface area contributed by atoms with Gasteiger partial charge in [-0.1, -0.05) is 24.0 Å². The molecule has 0 aliphatic carbocycles. The first-order chi connectivity index (χ1) is 12.1. The molecule has 138 valence electrons. The number of sulfonamides is 1. The van der Waals surface area contributed by atoms with Crippen molar-refractivity contribution in [2.24, 2.45) is 0 Å². The van der Waals surface area contributed by atoms with Crippen LogP contribution in [0.4, 0.5) is 17.6 Å². The van der Waals surface area contributed by atoms with Gasteiger partial charge in [-0.15, -0.1) is 0 Å². The van der Waals surface area contributed by atoms with Crippen molar-refractivity contribution < 1.29 is 30.7 Å². The van der Waals surface area contributed by atoms with E-state index in [0.29, 0.717) is 0 Å². The lowest BCUT2D eigenvalue weighted by Gasteiger charge is -2.09. The first kappa shape index (κ1) is 19.8. The summed E-state index contributed by atoms with van der Waals surface area (Å²) in [7, 11) is -2.94. The Hall–Kier alpha value is -2.57. The quantitative estimate of drug-likeness (QED) is 0.648. The first-order valence-electron chi connectivity index (χ1n) is 7.13. The van der Waals surface area contributed by atoms with Gasteiger partial charge < -0.3 is 4.74 Å². The minimum absolute atomic E-state index is 0.0747. The molecule has 0 heterocycles. The minimum atomic E-state index is -4.57. The van der Waals surface area contributed by atoms with Gasteiger partial charge in [0.2, 0.25) is 10.0 Å². The lowest BCUT2D eigenvalue weighted by Crippen LogP contribution is -2.24. The smallest absolute Gasteiger partial charge is 0.417 e. The predicted molar refractivity (Wildman–Crippen MR) is 86.5 cm³/mol. The van der Waals surface area contributed by atoms with Gasteiger partial charge in [-0.3, -0.25) is 0 Å². The minimum Gasteiger partial charge on any atom is -0.495 e. The molecule has 0 radical (unpaired) electrons. The van der Waals surface area contributed by atoms with Gasteiger partial charge in [-0.2, -0.15) is 17.9 Å². The number of hydrogen-bond acceptors (Lipinski definition) is 3. The van der Waals surface area contributed by atoms with Crippen molar-refractivity contribution >= 4 is 10.0 Å². The summed E-state index contributed by atoms with van der Waals surface area (Å²) in [5.74, 6) is 3.74. The third kappa shape index (κ3) is 4.74.